The largest absolute Gasteiger partial charge is 0.466 e. The highest BCUT2D eigenvalue weighted by molar-refractivity contribution is 5.92. The Kier molecular flexibility index (Phi) is 3.92. The van der Waals surface area contributed by atoms with Crippen LogP contribution in [-0.4, -0.2) is 41.5 Å². The van der Waals surface area contributed by atoms with Crippen molar-refractivity contribution >= 4 is 11.9 Å². The van der Waals surface area contributed by atoms with Crippen LogP contribution in [0.1, 0.15) is 23.8 Å². The molecule has 18 heavy (non-hydrogen) atoms. The van der Waals surface area contributed by atoms with Gasteiger partial charge in [-0.05, 0) is 25.5 Å². The summed E-state index contributed by atoms with van der Waals surface area (Å²) >= 11 is 0. The van der Waals surface area contributed by atoms with Crippen LogP contribution in [0.5, 0.6) is 0 Å². The van der Waals surface area contributed by atoms with Gasteiger partial charge in [0.05, 0.1) is 12.5 Å². The standard InChI is InChI=1S/C13H16N2O3/c1-2-18-13(17)10-6-8-15(9-10)12(16)11-5-3-4-7-14-11/h3-5,7,10H,2,6,8-9H2,1H3. The number of rotatable bonds is 3. The fourth-order valence-corrected chi connectivity index (χ4v) is 2.05. The molecule has 0 aliphatic carbocycles. The number of amides is 1. The maximum absolute atomic E-state index is 12.1. The molecule has 0 spiro atoms. The highest BCUT2D eigenvalue weighted by atomic mass is 16.5. The molecule has 2 rings (SSSR count). The summed E-state index contributed by atoms with van der Waals surface area (Å²) in [6.07, 6.45) is 2.25. The molecule has 1 aliphatic rings. The van der Waals surface area contributed by atoms with Gasteiger partial charge in [-0.2, -0.15) is 0 Å². The molecule has 1 aliphatic heterocycles. The average Bonchev–Trinajstić information content (AvgIpc) is 2.89. The van der Waals surface area contributed by atoms with Crippen molar-refractivity contribution < 1.29 is 14.3 Å². The van der Waals surface area contributed by atoms with Crippen molar-refractivity contribution in [1.29, 1.82) is 0 Å². The summed E-state index contributed by atoms with van der Waals surface area (Å²) in [4.78, 5) is 29.3. The van der Waals surface area contributed by atoms with Crippen LogP contribution in [0.4, 0.5) is 0 Å². The van der Waals surface area contributed by atoms with Crippen molar-refractivity contribution in [2.24, 2.45) is 5.92 Å². The number of esters is 1. The second-order valence-corrected chi connectivity index (χ2v) is 4.20. The van der Waals surface area contributed by atoms with Gasteiger partial charge in [-0.25, -0.2) is 0 Å². The molecule has 1 aromatic heterocycles. The molecule has 5 heteroatoms. The van der Waals surface area contributed by atoms with Crippen LogP contribution in [0.25, 0.3) is 0 Å². The van der Waals surface area contributed by atoms with Crippen molar-refractivity contribution in [3.63, 3.8) is 0 Å². The number of carbonyl (C=O) groups is 2. The molecule has 0 radical (unpaired) electrons. The number of aromatic nitrogens is 1. The first-order chi connectivity index (χ1) is 8.72. The zero-order chi connectivity index (χ0) is 13.0. The van der Waals surface area contributed by atoms with Crippen LogP contribution in [0.3, 0.4) is 0 Å². The van der Waals surface area contributed by atoms with Crippen LogP contribution in [0.15, 0.2) is 24.4 Å². The summed E-state index contributed by atoms with van der Waals surface area (Å²) in [5, 5.41) is 0. The molecular formula is C13H16N2O3. The van der Waals surface area contributed by atoms with Crippen LogP contribution in [-0.2, 0) is 9.53 Å². The highest BCUT2D eigenvalue weighted by Gasteiger charge is 2.32. The first kappa shape index (κ1) is 12.5. The lowest BCUT2D eigenvalue weighted by Gasteiger charge is -2.15. The van der Waals surface area contributed by atoms with Crippen molar-refractivity contribution in [2.75, 3.05) is 19.7 Å². The van der Waals surface area contributed by atoms with Crippen molar-refractivity contribution in [2.45, 2.75) is 13.3 Å². The van der Waals surface area contributed by atoms with Gasteiger partial charge in [-0.3, -0.25) is 14.6 Å². The van der Waals surface area contributed by atoms with Crippen LogP contribution in [0, 0.1) is 5.92 Å². The topological polar surface area (TPSA) is 59.5 Å². The van der Waals surface area contributed by atoms with Crippen molar-refractivity contribution in [3.8, 4) is 0 Å². The van der Waals surface area contributed by atoms with E-state index in [1.807, 2.05) is 0 Å². The molecule has 5 nitrogen and oxygen atoms in total. The van der Waals surface area contributed by atoms with Crippen LogP contribution >= 0.6 is 0 Å². The Morgan fingerprint density at radius 1 is 1.50 bits per heavy atom. The van der Waals surface area contributed by atoms with Gasteiger partial charge >= 0.3 is 5.97 Å². The highest BCUT2D eigenvalue weighted by Crippen LogP contribution is 2.19. The van der Waals surface area contributed by atoms with E-state index < -0.39 is 0 Å². The van der Waals surface area contributed by atoms with E-state index in [-0.39, 0.29) is 17.8 Å². The fraction of sp³-hybridized carbons (Fsp3) is 0.462. The number of ether oxygens (including phenoxy) is 1. The normalized spacial score (nSPS) is 18.7. The lowest BCUT2D eigenvalue weighted by molar-refractivity contribution is -0.147. The quantitative estimate of drug-likeness (QED) is 0.752. The lowest BCUT2D eigenvalue weighted by atomic mass is 10.1. The minimum atomic E-state index is -0.214. The molecular weight excluding hydrogens is 232 g/mol. The van der Waals surface area contributed by atoms with Gasteiger partial charge in [0.2, 0.25) is 0 Å². The average molecular weight is 248 g/mol. The third-order valence-corrected chi connectivity index (χ3v) is 2.98. The molecule has 2 heterocycles. The Morgan fingerprint density at radius 3 is 3.00 bits per heavy atom. The fourth-order valence-electron chi connectivity index (χ4n) is 2.05. The van der Waals surface area contributed by atoms with Gasteiger partial charge in [0.25, 0.3) is 5.91 Å². The number of hydrogen-bond acceptors (Lipinski definition) is 4. The zero-order valence-electron chi connectivity index (χ0n) is 10.3. The Balaban J connectivity index is 1.97. The zero-order valence-corrected chi connectivity index (χ0v) is 10.3. The second kappa shape index (κ2) is 5.62. The molecule has 0 saturated carbocycles. The molecule has 1 amide bonds. The van der Waals surface area contributed by atoms with E-state index in [0.29, 0.717) is 31.8 Å². The summed E-state index contributed by atoms with van der Waals surface area (Å²) in [6.45, 7) is 3.17. The molecule has 1 unspecified atom stereocenters. The first-order valence-electron chi connectivity index (χ1n) is 6.09. The minimum absolute atomic E-state index is 0.123. The lowest BCUT2D eigenvalue weighted by Crippen LogP contribution is -2.30. The van der Waals surface area contributed by atoms with Crippen molar-refractivity contribution in [3.05, 3.63) is 30.1 Å². The molecule has 0 bridgehead atoms. The summed E-state index contributed by atoms with van der Waals surface area (Å²) in [5.41, 5.74) is 0.419. The van der Waals surface area contributed by atoms with Gasteiger partial charge in [-0.1, -0.05) is 6.07 Å². The summed E-state index contributed by atoms with van der Waals surface area (Å²) in [5.74, 6) is -0.533. The Bertz CT molecular complexity index is 433. The molecule has 1 fully saturated rings. The maximum Gasteiger partial charge on any atom is 0.310 e. The molecule has 1 aromatic rings. The molecule has 0 N–H and O–H groups in total. The third-order valence-electron chi connectivity index (χ3n) is 2.98. The SMILES string of the molecule is CCOC(=O)C1CCN(C(=O)c2ccccn2)C1. The molecule has 96 valence electrons. The Labute approximate surface area is 106 Å². The third kappa shape index (κ3) is 2.67. The molecule has 1 saturated heterocycles. The van der Waals surface area contributed by atoms with Crippen LogP contribution in [0.2, 0.25) is 0 Å². The number of carbonyl (C=O) groups excluding carboxylic acids is 2. The molecule has 1 atom stereocenters. The first-order valence-corrected chi connectivity index (χ1v) is 6.09. The van der Waals surface area contributed by atoms with E-state index in [1.54, 1.807) is 36.2 Å². The smallest absolute Gasteiger partial charge is 0.310 e. The number of likely N-dealkylation sites (tertiary alicyclic amines) is 1. The Hall–Kier alpha value is -1.91. The van der Waals surface area contributed by atoms with E-state index in [9.17, 15) is 9.59 Å². The van der Waals surface area contributed by atoms with Crippen LogP contribution < -0.4 is 0 Å². The number of nitrogens with zero attached hydrogens (tertiary/aromatic N) is 2. The van der Waals surface area contributed by atoms with E-state index in [1.165, 1.54) is 0 Å². The van der Waals surface area contributed by atoms with Gasteiger partial charge in [0.1, 0.15) is 5.69 Å². The van der Waals surface area contributed by atoms with Gasteiger partial charge < -0.3 is 9.64 Å². The van der Waals surface area contributed by atoms with Gasteiger partial charge in [0, 0.05) is 19.3 Å². The van der Waals surface area contributed by atoms with Gasteiger partial charge in [0.15, 0.2) is 0 Å². The van der Waals surface area contributed by atoms with E-state index in [4.69, 9.17) is 4.74 Å². The van der Waals surface area contributed by atoms with Crippen molar-refractivity contribution in [1.82, 2.24) is 9.88 Å². The summed E-state index contributed by atoms with van der Waals surface area (Å²) in [6, 6.07) is 5.22. The summed E-state index contributed by atoms with van der Waals surface area (Å²) in [7, 11) is 0. The maximum atomic E-state index is 12.1. The summed E-state index contributed by atoms with van der Waals surface area (Å²) < 4.78 is 4.97. The molecule has 0 aromatic carbocycles. The Morgan fingerprint density at radius 2 is 2.33 bits per heavy atom. The van der Waals surface area contributed by atoms with E-state index in [2.05, 4.69) is 4.98 Å². The predicted octanol–water partition coefficient (Wildman–Crippen LogP) is 1.11. The van der Waals surface area contributed by atoms with Gasteiger partial charge in [-0.15, -0.1) is 0 Å². The number of hydrogen-bond donors (Lipinski definition) is 0. The van der Waals surface area contributed by atoms with E-state index >= 15 is 0 Å². The minimum Gasteiger partial charge on any atom is -0.466 e. The number of pyridine rings is 1. The second-order valence-electron chi connectivity index (χ2n) is 4.20. The monoisotopic (exact) mass is 248 g/mol. The predicted molar refractivity (Wildman–Crippen MR) is 64.9 cm³/mol. The van der Waals surface area contributed by atoms with E-state index in [0.717, 1.165) is 0 Å².